The maximum atomic E-state index is 13.1. The number of hydrogen-bond acceptors (Lipinski definition) is 2. The van der Waals surface area contributed by atoms with Crippen molar-refractivity contribution in [2.45, 2.75) is 13.3 Å². The van der Waals surface area contributed by atoms with Crippen molar-refractivity contribution < 1.29 is 9.13 Å². The van der Waals surface area contributed by atoms with Crippen LogP contribution in [0.2, 0.25) is 0 Å². The van der Waals surface area contributed by atoms with Crippen molar-refractivity contribution in [1.82, 2.24) is 4.98 Å². The molecule has 0 fully saturated rings. The summed E-state index contributed by atoms with van der Waals surface area (Å²) in [4.78, 5) is 3.71. The zero-order valence-corrected chi connectivity index (χ0v) is 6.60. The van der Waals surface area contributed by atoms with Crippen LogP contribution in [0.4, 0.5) is 4.39 Å². The fraction of sp³-hybridized carbons (Fsp3) is 0.375. The molecule has 0 amide bonds. The Labute approximate surface area is 65.0 Å². The molecule has 0 bridgehead atoms. The summed E-state index contributed by atoms with van der Waals surface area (Å²) in [5, 5.41) is 0. The number of nitrogens with zero attached hydrogens (tertiary/aromatic N) is 1. The van der Waals surface area contributed by atoms with Crippen LogP contribution >= 0.6 is 0 Å². The van der Waals surface area contributed by atoms with Crippen molar-refractivity contribution in [3.63, 3.8) is 0 Å². The molecule has 3 heteroatoms. The van der Waals surface area contributed by atoms with Crippen molar-refractivity contribution in [1.29, 1.82) is 0 Å². The highest BCUT2D eigenvalue weighted by Crippen LogP contribution is 2.16. The van der Waals surface area contributed by atoms with E-state index >= 15 is 0 Å². The van der Waals surface area contributed by atoms with Gasteiger partial charge in [0.25, 0.3) is 0 Å². The molecular weight excluding hydrogens is 145 g/mol. The lowest BCUT2D eigenvalue weighted by molar-refractivity contribution is 0.367. The lowest BCUT2D eigenvalue weighted by Gasteiger charge is -2.02. The zero-order chi connectivity index (χ0) is 8.27. The van der Waals surface area contributed by atoms with Crippen LogP contribution in [-0.4, -0.2) is 12.1 Å². The van der Waals surface area contributed by atoms with Gasteiger partial charge in [-0.2, -0.15) is 0 Å². The summed E-state index contributed by atoms with van der Waals surface area (Å²) in [7, 11) is 1.41. The molecule has 0 atom stereocenters. The van der Waals surface area contributed by atoms with Gasteiger partial charge in [-0.15, -0.1) is 0 Å². The Kier molecular flexibility index (Phi) is 2.41. The molecule has 1 aromatic rings. The standard InChI is InChI=1S/C8H10FNO/c1-3-6-4-5-10-8(11-2)7(6)9/h4-5H,3H2,1-2H3. The van der Waals surface area contributed by atoms with Gasteiger partial charge in [-0.25, -0.2) is 9.37 Å². The molecule has 0 saturated carbocycles. The Morgan fingerprint density at radius 3 is 2.91 bits per heavy atom. The van der Waals surface area contributed by atoms with Crippen LogP contribution in [0.15, 0.2) is 12.3 Å². The van der Waals surface area contributed by atoms with E-state index in [1.54, 1.807) is 12.3 Å². The summed E-state index contributed by atoms with van der Waals surface area (Å²) in [6.45, 7) is 1.89. The smallest absolute Gasteiger partial charge is 0.250 e. The van der Waals surface area contributed by atoms with Crippen LogP contribution in [0.3, 0.4) is 0 Å². The van der Waals surface area contributed by atoms with Gasteiger partial charge in [0, 0.05) is 6.20 Å². The summed E-state index contributed by atoms with van der Waals surface area (Å²) in [6.07, 6.45) is 2.20. The van der Waals surface area contributed by atoms with E-state index in [0.29, 0.717) is 12.0 Å². The minimum Gasteiger partial charge on any atom is -0.479 e. The first-order chi connectivity index (χ1) is 5.29. The Morgan fingerprint density at radius 2 is 2.36 bits per heavy atom. The predicted octanol–water partition coefficient (Wildman–Crippen LogP) is 1.79. The fourth-order valence-electron chi connectivity index (χ4n) is 0.877. The number of halogens is 1. The van der Waals surface area contributed by atoms with Crippen LogP contribution in [0.1, 0.15) is 12.5 Å². The number of aromatic nitrogens is 1. The fourth-order valence-corrected chi connectivity index (χ4v) is 0.877. The molecule has 0 unspecified atom stereocenters. The maximum Gasteiger partial charge on any atom is 0.250 e. The largest absolute Gasteiger partial charge is 0.479 e. The number of rotatable bonds is 2. The van der Waals surface area contributed by atoms with E-state index in [1.165, 1.54) is 7.11 Å². The van der Waals surface area contributed by atoms with Crippen LogP contribution < -0.4 is 4.74 Å². The minimum atomic E-state index is -0.350. The third-order valence-corrected chi connectivity index (χ3v) is 1.51. The topological polar surface area (TPSA) is 22.1 Å². The van der Waals surface area contributed by atoms with Crippen molar-refractivity contribution in [3.05, 3.63) is 23.6 Å². The second-order valence-electron chi connectivity index (χ2n) is 2.15. The van der Waals surface area contributed by atoms with Gasteiger partial charge < -0.3 is 4.74 Å². The SMILES string of the molecule is CCc1ccnc(OC)c1F. The van der Waals surface area contributed by atoms with E-state index in [4.69, 9.17) is 4.74 Å². The van der Waals surface area contributed by atoms with Gasteiger partial charge in [0.05, 0.1) is 7.11 Å². The monoisotopic (exact) mass is 155 g/mol. The van der Waals surface area contributed by atoms with E-state index in [-0.39, 0.29) is 11.7 Å². The molecule has 0 saturated heterocycles. The molecule has 2 nitrogen and oxygen atoms in total. The van der Waals surface area contributed by atoms with E-state index in [2.05, 4.69) is 4.98 Å². The third-order valence-electron chi connectivity index (χ3n) is 1.51. The Hall–Kier alpha value is -1.12. The molecule has 0 N–H and O–H groups in total. The van der Waals surface area contributed by atoms with E-state index in [0.717, 1.165) is 0 Å². The van der Waals surface area contributed by atoms with Gasteiger partial charge in [-0.05, 0) is 18.1 Å². The van der Waals surface area contributed by atoms with Crippen LogP contribution in [0.5, 0.6) is 5.88 Å². The second kappa shape index (κ2) is 3.32. The first-order valence-corrected chi connectivity index (χ1v) is 3.47. The molecule has 0 radical (unpaired) electrons. The van der Waals surface area contributed by atoms with Gasteiger partial charge in [0.1, 0.15) is 0 Å². The number of ether oxygens (including phenoxy) is 1. The quantitative estimate of drug-likeness (QED) is 0.649. The summed E-state index contributed by atoms with van der Waals surface area (Å²) >= 11 is 0. The van der Waals surface area contributed by atoms with Gasteiger partial charge in [0.2, 0.25) is 5.88 Å². The molecule has 0 aromatic carbocycles. The highest BCUT2D eigenvalue weighted by atomic mass is 19.1. The number of pyridine rings is 1. The molecule has 0 aliphatic rings. The summed E-state index contributed by atoms with van der Waals surface area (Å²) < 4.78 is 17.8. The van der Waals surface area contributed by atoms with Gasteiger partial charge in [-0.1, -0.05) is 6.92 Å². The van der Waals surface area contributed by atoms with Crippen LogP contribution in [0.25, 0.3) is 0 Å². The first kappa shape index (κ1) is 7.98. The molecule has 11 heavy (non-hydrogen) atoms. The highest BCUT2D eigenvalue weighted by molar-refractivity contribution is 5.23. The first-order valence-electron chi connectivity index (χ1n) is 3.47. The lowest BCUT2D eigenvalue weighted by atomic mass is 10.2. The maximum absolute atomic E-state index is 13.1. The number of hydrogen-bond donors (Lipinski definition) is 0. The van der Waals surface area contributed by atoms with Crippen LogP contribution in [-0.2, 0) is 6.42 Å². The second-order valence-corrected chi connectivity index (χ2v) is 2.15. The molecule has 1 aromatic heterocycles. The molecular formula is C8H10FNO. The third kappa shape index (κ3) is 1.48. The van der Waals surface area contributed by atoms with E-state index in [9.17, 15) is 4.39 Å². The molecule has 1 rings (SSSR count). The summed E-state index contributed by atoms with van der Waals surface area (Å²) in [5.41, 5.74) is 0.636. The highest BCUT2D eigenvalue weighted by Gasteiger charge is 2.06. The van der Waals surface area contributed by atoms with E-state index < -0.39 is 0 Å². The van der Waals surface area contributed by atoms with Crippen molar-refractivity contribution in [2.75, 3.05) is 7.11 Å². The average Bonchev–Trinajstić information content (AvgIpc) is 2.05. The van der Waals surface area contributed by atoms with Crippen molar-refractivity contribution >= 4 is 0 Å². The lowest BCUT2D eigenvalue weighted by Crippen LogP contribution is -1.95. The molecule has 0 spiro atoms. The predicted molar refractivity (Wildman–Crippen MR) is 40.1 cm³/mol. The Balaban J connectivity index is 3.10. The zero-order valence-electron chi connectivity index (χ0n) is 6.60. The van der Waals surface area contributed by atoms with Crippen LogP contribution in [0, 0.1) is 5.82 Å². The normalized spacial score (nSPS) is 9.73. The number of aryl methyl sites for hydroxylation is 1. The Bertz CT molecular complexity index is 228. The molecule has 0 aliphatic heterocycles. The molecule has 60 valence electrons. The minimum absolute atomic E-state index is 0.0735. The van der Waals surface area contributed by atoms with Crippen molar-refractivity contribution in [3.8, 4) is 5.88 Å². The van der Waals surface area contributed by atoms with E-state index in [1.807, 2.05) is 6.92 Å². The van der Waals surface area contributed by atoms with Crippen molar-refractivity contribution in [2.24, 2.45) is 0 Å². The number of methoxy groups -OCH3 is 1. The summed E-state index contributed by atoms with van der Waals surface area (Å²) in [6, 6.07) is 1.65. The average molecular weight is 155 g/mol. The van der Waals surface area contributed by atoms with Gasteiger partial charge >= 0.3 is 0 Å². The molecule has 0 aliphatic carbocycles. The molecule has 1 heterocycles. The van der Waals surface area contributed by atoms with Gasteiger partial charge in [0.15, 0.2) is 5.82 Å². The van der Waals surface area contributed by atoms with Gasteiger partial charge in [-0.3, -0.25) is 0 Å². The Morgan fingerprint density at radius 1 is 1.64 bits per heavy atom. The summed E-state index contributed by atoms with van der Waals surface area (Å²) in [5.74, 6) is -0.276.